The Hall–Kier alpha value is -1.37. The van der Waals surface area contributed by atoms with Gasteiger partial charge in [-0.05, 0) is 39.0 Å². The van der Waals surface area contributed by atoms with Crippen molar-refractivity contribution in [2.45, 2.75) is 84.0 Å². The number of amides is 1. The van der Waals surface area contributed by atoms with E-state index in [0.717, 1.165) is 63.4 Å². The topological polar surface area (TPSA) is 101 Å². The Labute approximate surface area is 169 Å². The molecule has 6 nitrogen and oxygen atoms in total. The third kappa shape index (κ3) is 6.61. The second-order valence-electron chi connectivity index (χ2n) is 8.27. The molecule has 2 N–H and O–H groups in total. The van der Waals surface area contributed by atoms with Crippen molar-refractivity contribution in [2.75, 3.05) is 12.3 Å². The molecular formula is C21H35NO5S. The Balaban J connectivity index is 1.57. The fraction of sp³-hybridized carbons (Fsp3) is 0.810. The fourth-order valence-electron chi connectivity index (χ4n) is 4.53. The van der Waals surface area contributed by atoms with E-state index >= 15 is 0 Å². The predicted molar refractivity (Wildman–Crippen MR) is 110 cm³/mol. The van der Waals surface area contributed by atoms with Crippen LogP contribution in [0.3, 0.4) is 0 Å². The highest BCUT2D eigenvalue weighted by molar-refractivity contribution is 7.95. The summed E-state index contributed by atoms with van der Waals surface area (Å²) in [7, 11) is -3.14. The Morgan fingerprint density at radius 1 is 1.00 bits per heavy atom. The van der Waals surface area contributed by atoms with Gasteiger partial charge < -0.3 is 10.4 Å². The summed E-state index contributed by atoms with van der Waals surface area (Å²) in [6, 6.07) is 0. The van der Waals surface area contributed by atoms with E-state index < -0.39 is 15.8 Å². The maximum Gasteiger partial charge on any atom is 0.303 e. The van der Waals surface area contributed by atoms with Crippen LogP contribution in [0.25, 0.3) is 0 Å². The third-order valence-electron chi connectivity index (χ3n) is 6.06. The molecule has 7 heteroatoms. The van der Waals surface area contributed by atoms with Crippen molar-refractivity contribution < 1.29 is 23.1 Å². The molecule has 0 radical (unpaired) electrons. The molecule has 0 aromatic heterocycles. The van der Waals surface area contributed by atoms with Gasteiger partial charge in [0.1, 0.15) is 0 Å². The van der Waals surface area contributed by atoms with Crippen LogP contribution in [0.4, 0.5) is 0 Å². The number of aliphatic carboxylic acids is 1. The predicted octanol–water partition coefficient (Wildman–Crippen LogP) is 3.82. The molecule has 0 aromatic carbocycles. The minimum atomic E-state index is -3.14. The molecule has 160 valence electrons. The largest absolute Gasteiger partial charge is 0.481 e. The van der Waals surface area contributed by atoms with Crippen LogP contribution in [0, 0.1) is 11.8 Å². The SMILES string of the molecule is CC1=C2C(CCS2(=O)=O)C(C(=O)NCCCCCCCCCCC(=O)O)CC1. The molecule has 1 aliphatic heterocycles. The first kappa shape index (κ1) is 22.9. The average molecular weight is 414 g/mol. The van der Waals surface area contributed by atoms with E-state index in [1.807, 2.05) is 6.92 Å². The highest BCUT2D eigenvalue weighted by atomic mass is 32.2. The molecule has 1 heterocycles. The summed E-state index contributed by atoms with van der Waals surface area (Å²) in [6.07, 6.45) is 10.6. The number of hydrogen-bond acceptors (Lipinski definition) is 4. The molecule has 2 atom stereocenters. The van der Waals surface area contributed by atoms with Crippen LogP contribution < -0.4 is 5.32 Å². The van der Waals surface area contributed by atoms with Crippen LogP contribution in [0.5, 0.6) is 0 Å². The third-order valence-corrected chi connectivity index (χ3v) is 8.15. The Kier molecular flexibility index (Phi) is 8.99. The van der Waals surface area contributed by atoms with E-state index in [1.165, 1.54) is 0 Å². The molecule has 2 aliphatic rings. The van der Waals surface area contributed by atoms with Crippen molar-refractivity contribution >= 4 is 21.7 Å². The minimum absolute atomic E-state index is 0.0190. The molecular weight excluding hydrogens is 378 g/mol. The Morgan fingerprint density at radius 2 is 1.61 bits per heavy atom. The number of allylic oxidation sites excluding steroid dienone is 2. The van der Waals surface area contributed by atoms with E-state index in [-0.39, 0.29) is 29.9 Å². The van der Waals surface area contributed by atoms with Crippen molar-refractivity contribution in [3.63, 3.8) is 0 Å². The number of sulfone groups is 1. The number of carbonyl (C=O) groups is 2. The van der Waals surface area contributed by atoms with Crippen LogP contribution in [-0.4, -0.2) is 37.7 Å². The van der Waals surface area contributed by atoms with Crippen LogP contribution in [0.2, 0.25) is 0 Å². The summed E-state index contributed by atoms with van der Waals surface area (Å²) in [5.41, 5.74) is 0.953. The number of carbonyl (C=O) groups excluding carboxylic acids is 1. The zero-order chi connectivity index (χ0) is 20.6. The lowest BCUT2D eigenvalue weighted by Crippen LogP contribution is -2.37. The highest BCUT2D eigenvalue weighted by Gasteiger charge is 2.44. The zero-order valence-corrected chi connectivity index (χ0v) is 17.9. The van der Waals surface area contributed by atoms with E-state index in [0.29, 0.717) is 24.3 Å². The fourth-order valence-corrected chi connectivity index (χ4v) is 6.69. The normalized spacial score (nSPS) is 23.5. The van der Waals surface area contributed by atoms with Gasteiger partial charge in [0, 0.05) is 29.7 Å². The number of nitrogens with one attached hydrogen (secondary N) is 1. The molecule has 1 amide bonds. The molecule has 1 aliphatic carbocycles. The van der Waals surface area contributed by atoms with Crippen molar-refractivity contribution in [3.8, 4) is 0 Å². The molecule has 2 unspecified atom stereocenters. The Morgan fingerprint density at radius 3 is 2.25 bits per heavy atom. The summed E-state index contributed by atoms with van der Waals surface area (Å²) in [6.45, 7) is 2.55. The van der Waals surface area contributed by atoms with Crippen molar-refractivity contribution in [2.24, 2.45) is 11.8 Å². The maximum absolute atomic E-state index is 12.6. The van der Waals surface area contributed by atoms with E-state index in [9.17, 15) is 18.0 Å². The second kappa shape index (κ2) is 11.0. The summed E-state index contributed by atoms with van der Waals surface area (Å²) >= 11 is 0. The summed E-state index contributed by atoms with van der Waals surface area (Å²) in [5.74, 6) is -0.816. The lowest BCUT2D eigenvalue weighted by molar-refractivity contribution is -0.137. The van der Waals surface area contributed by atoms with Crippen LogP contribution in [0.15, 0.2) is 10.5 Å². The van der Waals surface area contributed by atoms with Crippen LogP contribution >= 0.6 is 0 Å². The van der Waals surface area contributed by atoms with E-state index in [1.54, 1.807) is 0 Å². The van der Waals surface area contributed by atoms with Gasteiger partial charge >= 0.3 is 5.97 Å². The molecule has 0 bridgehead atoms. The lowest BCUT2D eigenvalue weighted by Gasteiger charge is -2.28. The summed E-state index contributed by atoms with van der Waals surface area (Å²) in [4.78, 5) is 23.6. The molecule has 0 aromatic rings. The summed E-state index contributed by atoms with van der Waals surface area (Å²) in [5, 5.41) is 11.6. The standard InChI is InChI=1S/C21H35NO5S/c1-16-11-12-18(17-13-15-28(26,27)20(16)17)21(25)22-14-9-7-5-3-2-4-6-8-10-19(23)24/h17-18H,2-15H2,1H3,(H,22,25)(H,23,24). The van der Waals surface area contributed by atoms with Crippen LogP contribution in [0.1, 0.15) is 84.0 Å². The average Bonchev–Trinajstić information content (AvgIpc) is 2.96. The van der Waals surface area contributed by atoms with Gasteiger partial charge in [-0.15, -0.1) is 0 Å². The number of hydrogen-bond donors (Lipinski definition) is 2. The first-order valence-corrected chi connectivity index (χ1v) is 12.4. The van der Waals surface area contributed by atoms with Gasteiger partial charge in [-0.3, -0.25) is 9.59 Å². The van der Waals surface area contributed by atoms with Gasteiger partial charge in [-0.25, -0.2) is 8.42 Å². The highest BCUT2D eigenvalue weighted by Crippen LogP contribution is 2.44. The van der Waals surface area contributed by atoms with Gasteiger partial charge in [0.25, 0.3) is 0 Å². The van der Waals surface area contributed by atoms with Gasteiger partial charge in [0.05, 0.1) is 5.75 Å². The van der Waals surface area contributed by atoms with Gasteiger partial charge in [0.15, 0.2) is 9.84 Å². The smallest absolute Gasteiger partial charge is 0.303 e. The van der Waals surface area contributed by atoms with Gasteiger partial charge in [-0.2, -0.15) is 0 Å². The zero-order valence-electron chi connectivity index (χ0n) is 17.0. The molecule has 1 fully saturated rings. The molecule has 0 spiro atoms. The second-order valence-corrected chi connectivity index (χ2v) is 10.3. The maximum atomic E-state index is 12.6. The number of carboxylic acids is 1. The molecule has 0 saturated carbocycles. The monoisotopic (exact) mass is 413 g/mol. The quantitative estimate of drug-likeness (QED) is 0.474. The van der Waals surface area contributed by atoms with Gasteiger partial charge in [-0.1, -0.05) is 44.1 Å². The number of fused-ring (bicyclic) bond motifs is 1. The van der Waals surface area contributed by atoms with Crippen molar-refractivity contribution in [3.05, 3.63) is 10.5 Å². The molecule has 2 rings (SSSR count). The number of carboxylic acid groups (broad SMARTS) is 1. The first-order valence-electron chi connectivity index (χ1n) is 10.7. The molecule has 1 saturated heterocycles. The Bertz CT molecular complexity index is 683. The molecule has 28 heavy (non-hydrogen) atoms. The summed E-state index contributed by atoms with van der Waals surface area (Å²) < 4.78 is 24.5. The first-order chi connectivity index (χ1) is 13.3. The van der Waals surface area contributed by atoms with Crippen LogP contribution in [-0.2, 0) is 19.4 Å². The van der Waals surface area contributed by atoms with E-state index in [2.05, 4.69) is 5.32 Å². The number of rotatable bonds is 12. The van der Waals surface area contributed by atoms with E-state index in [4.69, 9.17) is 5.11 Å². The van der Waals surface area contributed by atoms with Crippen molar-refractivity contribution in [1.29, 1.82) is 0 Å². The van der Waals surface area contributed by atoms with Crippen molar-refractivity contribution in [1.82, 2.24) is 5.32 Å². The number of unbranched alkanes of at least 4 members (excludes halogenated alkanes) is 7. The lowest BCUT2D eigenvalue weighted by atomic mass is 9.79. The minimum Gasteiger partial charge on any atom is -0.481 e. The van der Waals surface area contributed by atoms with Gasteiger partial charge in [0.2, 0.25) is 5.91 Å².